The van der Waals surface area contributed by atoms with E-state index in [1.54, 1.807) is 11.1 Å². The van der Waals surface area contributed by atoms with Crippen LogP contribution in [0.4, 0.5) is 4.79 Å². The number of hydrogen-bond donors (Lipinski definition) is 2. The Balaban J connectivity index is 0.00000420. The van der Waals surface area contributed by atoms with Gasteiger partial charge in [0.25, 0.3) is 0 Å². The smallest absolute Gasteiger partial charge is 0.409 e. The number of aliphatic imine (C=N–C) groups is 1. The molecule has 1 aliphatic rings. The van der Waals surface area contributed by atoms with Crippen LogP contribution in [0.2, 0.25) is 0 Å². The van der Waals surface area contributed by atoms with Crippen molar-refractivity contribution >= 4 is 36.0 Å². The Hall–Kier alpha value is -1.78. The normalized spacial score (nSPS) is 14.9. The van der Waals surface area contributed by atoms with Crippen LogP contribution in [0.15, 0.2) is 23.3 Å². The number of nitrogens with zero attached hydrogens (tertiary/aromatic N) is 3. The number of carbonyl (C=O) groups excluding carboxylic acids is 1. The van der Waals surface area contributed by atoms with Crippen molar-refractivity contribution in [1.82, 2.24) is 20.5 Å². The maximum atomic E-state index is 11.8. The van der Waals surface area contributed by atoms with E-state index in [4.69, 9.17) is 9.47 Å². The number of piperidine rings is 1. The maximum Gasteiger partial charge on any atom is 0.409 e. The van der Waals surface area contributed by atoms with Gasteiger partial charge < -0.3 is 25.0 Å². The lowest BCUT2D eigenvalue weighted by atomic mass is 10.1. The number of halogens is 1. The lowest BCUT2D eigenvalue weighted by Gasteiger charge is -2.32. The average Bonchev–Trinajstić information content (AvgIpc) is 2.68. The standard InChI is InChI=1S/C20H33N5O3.HI/c1-5-21-19(23-14-16-7-8-18(22-13-16)28-15(3)4)24-17-9-11-25(12-10-17)20(26)27-6-2;/h7-8,13,15,17H,5-6,9-12,14H2,1-4H3,(H2,21,23,24);1H. The number of likely N-dealkylation sites (tertiary alicyclic amines) is 1. The fourth-order valence-electron chi connectivity index (χ4n) is 2.92. The maximum absolute atomic E-state index is 11.8. The Kier molecular flexibility index (Phi) is 11.7. The Morgan fingerprint density at radius 2 is 2.03 bits per heavy atom. The number of pyridine rings is 1. The third-order valence-electron chi connectivity index (χ3n) is 4.28. The molecule has 0 aliphatic carbocycles. The van der Waals surface area contributed by atoms with Crippen LogP contribution in [0.3, 0.4) is 0 Å². The predicted molar refractivity (Wildman–Crippen MR) is 125 cm³/mol. The van der Waals surface area contributed by atoms with E-state index in [1.807, 2.05) is 39.8 Å². The van der Waals surface area contributed by atoms with Crippen LogP contribution in [0, 0.1) is 0 Å². The Morgan fingerprint density at radius 3 is 2.59 bits per heavy atom. The Labute approximate surface area is 190 Å². The first-order valence-corrected chi connectivity index (χ1v) is 10.1. The molecule has 0 atom stereocenters. The molecule has 0 unspecified atom stereocenters. The lowest BCUT2D eigenvalue weighted by molar-refractivity contribution is 0.0963. The fraction of sp³-hybridized carbons (Fsp3) is 0.650. The summed E-state index contributed by atoms with van der Waals surface area (Å²) in [6.45, 7) is 10.9. The third kappa shape index (κ3) is 9.05. The molecule has 29 heavy (non-hydrogen) atoms. The van der Waals surface area contributed by atoms with Gasteiger partial charge in [0.2, 0.25) is 5.88 Å². The SMILES string of the molecule is CCNC(=NCc1ccc(OC(C)C)nc1)NC1CCN(C(=O)OCC)CC1.I. The van der Waals surface area contributed by atoms with Gasteiger partial charge in [-0.15, -0.1) is 24.0 Å². The van der Waals surface area contributed by atoms with Crippen LogP contribution < -0.4 is 15.4 Å². The highest BCUT2D eigenvalue weighted by atomic mass is 127. The molecule has 1 aromatic rings. The fourth-order valence-corrected chi connectivity index (χ4v) is 2.92. The molecule has 0 spiro atoms. The van der Waals surface area contributed by atoms with E-state index in [0.717, 1.165) is 30.9 Å². The van der Waals surface area contributed by atoms with Crippen LogP contribution in [0.25, 0.3) is 0 Å². The number of guanidine groups is 1. The number of carbonyl (C=O) groups is 1. The lowest BCUT2D eigenvalue weighted by Crippen LogP contribution is -2.49. The molecule has 0 aromatic carbocycles. The van der Waals surface area contributed by atoms with Crippen molar-refractivity contribution in [1.29, 1.82) is 0 Å². The summed E-state index contributed by atoms with van der Waals surface area (Å²) in [6, 6.07) is 4.13. The summed E-state index contributed by atoms with van der Waals surface area (Å²) in [5.74, 6) is 1.40. The first kappa shape index (κ1) is 25.3. The van der Waals surface area contributed by atoms with Gasteiger partial charge in [-0.25, -0.2) is 14.8 Å². The number of rotatable bonds is 7. The van der Waals surface area contributed by atoms with Crippen LogP contribution in [0.1, 0.15) is 46.1 Å². The van der Waals surface area contributed by atoms with E-state index >= 15 is 0 Å². The van der Waals surface area contributed by atoms with Gasteiger partial charge in [0, 0.05) is 37.9 Å². The summed E-state index contributed by atoms with van der Waals surface area (Å²) in [4.78, 5) is 22.5. The van der Waals surface area contributed by atoms with Crippen molar-refractivity contribution < 1.29 is 14.3 Å². The zero-order valence-electron chi connectivity index (χ0n) is 17.8. The summed E-state index contributed by atoms with van der Waals surface area (Å²) in [5, 5.41) is 6.75. The number of ether oxygens (including phenoxy) is 2. The van der Waals surface area contributed by atoms with E-state index in [2.05, 4.69) is 20.6 Å². The topological polar surface area (TPSA) is 88.1 Å². The second kappa shape index (κ2) is 13.4. The van der Waals surface area contributed by atoms with Crippen molar-refractivity contribution in [3.63, 3.8) is 0 Å². The number of amides is 1. The molecule has 9 heteroatoms. The number of hydrogen-bond acceptors (Lipinski definition) is 5. The minimum absolute atomic E-state index is 0. The second-order valence-corrected chi connectivity index (χ2v) is 6.97. The molecule has 1 aliphatic heterocycles. The minimum atomic E-state index is -0.223. The van der Waals surface area contributed by atoms with Gasteiger partial charge in [-0.05, 0) is 46.1 Å². The van der Waals surface area contributed by atoms with Crippen LogP contribution in [0.5, 0.6) is 5.88 Å². The van der Waals surface area contributed by atoms with Gasteiger partial charge in [0.1, 0.15) is 0 Å². The van der Waals surface area contributed by atoms with Crippen molar-refractivity contribution in [3.8, 4) is 5.88 Å². The van der Waals surface area contributed by atoms with Crippen LogP contribution in [-0.4, -0.2) is 60.3 Å². The largest absolute Gasteiger partial charge is 0.475 e. The van der Waals surface area contributed by atoms with E-state index in [-0.39, 0.29) is 42.2 Å². The van der Waals surface area contributed by atoms with Gasteiger partial charge in [0.15, 0.2) is 5.96 Å². The van der Waals surface area contributed by atoms with Gasteiger partial charge in [-0.2, -0.15) is 0 Å². The number of nitrogens with one attached hydrogen (secondary N) is 2. The molecule has 1 fully saturated rings. The highest BCUT2D eigenvalue weighted by molar-refractivity contribution is 14.0. The average molecular weight is 519 g/mol. The van der Waals surface area contributed by atoms with E-state index in [9.17, 15) is 4.79 Å². The molecule has 2 N–H and O–H groups in total. The summed E-state index contributed by atoms with van der Waals surface area (Å²) >= 11 is 0. The monoisotopic (exact) mass is 519 g/mol. The zero-order chi connectivity index (χ0) is 20.4. The third-order valence-corrected chi connectivity index (χ3v) is 4.28. The first-order valence-electron chi connectivity index (χ1n) is 10.1. The van der Waals surface area contributed by atoms with Gasteiger partial charge >= 0.3 is 6.09 Å². The molecule has 2 rings (SSSR count). The summed E-state index contributed by atoms with van der Waals surface area (Å²) in [6.07, 6.45) is 3.41. The molecular formula is C20H34IN5O3. The van der Waals surface area contributed by atoms with Crippen LogP contribution >= 0.6 is 24.0 Å². The highest BCUT2D eigenvalue weighted by Gasteiger charge is 2.24. The molecule has 2 heterocycles. The molecule has 1 aromatic heterocycles. The molecule has 0 saturated carbocycles. The van der Waals surface area contributed by atoms with E-state index in [0.29, 0.717) is 32.1 Å². The minimum Gasteiger partial charge on any atom is -0.475 e. The molecular weight excluding hydrogens is 485 g/mol. The molecule has 1 saturated heterocycles. The highest BCUT2D eigenvalue weighted by Crippen LogP contribution is 2.12. The molecule has 8 nitrogen and oxygen atoms in total. The van der Waals surface area contributed by atoms with Crippen LogP contribution in [-0.2, 0) is 11.3 Å². The van der Waals surface area contributed by atoms with E-state index < -0.39 is 0 Å². The summed E-state index contributed by atoms with van der Waals surface area (Å²) in [5.41, 5.74) is 1.02. The molecule has 1 amide bonds. The predicted octanol–water partition coefficient (Wildman–Crippen LogP) is 3.16. The number of aromatic nitrogens is 1. The van der Waals surface area contributed by atoms with E-state index in [1.165, 1.54) is 0 Å². The quantitative estimate of drug-likeness (QED) is 0.327. The van der Waals surface area contributed by atoms with Gasteiger partial charge in [-0.3, -0.25) is 0 Å². The van der Waals surface area contributed by atoms with Gasteiger partial charge in [-0.1, -0.05) is 6.07 Å². The summed E-state index contributed by atoms with van der Waals surface area (Å²) < 4.78 is 10.6. The molecule has 0 bridgehead atoms. The second-order valence-electron chi connectivity index (χ2n) is 6.97. The Bertz CT molecular complexity index is 632. The van der Waals surface area contributed by atoms with Crippen molar-refractivity contribution in [2.75, 3.05) is 26.2 Å². The first-order chi connectivity index (χ1) is 13.5. The summed E-state index contributed by atoms with van der Waals surface area (Å²) in [7, 11) is 0. The zero-order valence-corrected chi connectivity index (χ0v) is 20.1. The van der Waals surface area contributed by atoms with Crippen molar-refractivity contribution in [2.24, 2.45) is 4.99 Å². The van der Waals surface area contributed by atoms with Gasteiger partial charge in [0.05, 0.1) is 19.3 Å². The van der Waals surface area contributed by atoms with Crippen molar-refractivity contribution in [2.45, 2.75) is 59.2 Å². The van der Waals surface area contributed by atoms with Crippen molar-refractivity contribution in [3.05, 3.63) is 23.9 Å². The molecule has 0 radical (unpaired) electrons. The molecule has 164 valence electrons. The Morgan fingerprint density at radius 1 is 1.31 bits per heavy atom.